The first-order valence-corrected chi connectivity index (χ1v) is 7.23. The molecule has 1 amide bonds. The highest BCUT2D eigenvalue weighted by atomic mass is 32.2. The number of aromatic nitrogens is 2. The summed E-state index contributed by atoms with van der Waals surface area (Å²) in [6, 6.07) is 5.18. The van der Waals surface area contributed by atoms with E-state index in [2.05, 4.69) is 15.5 Å². The van der Waals surface area contributed by atoms with Crippen molar-refractivity contribution in [3.63, 3.8) is 0 Å². The molecule has 0 unspecified atom stereocenters. The van der Waals surface area contributed by atoms with E-state index in [9.17, 15) is 18.0 Å². The van der Waals surface area contributed by atoms with E-state index < -0.39 is 11.4 Å². The van der Waals surface area contributed by atoms with Gasteiger partial charge in [0.15, 0.2) is 0 Å². The van der Waals surface area contributed by atoms with Gasteiger partial charge in [0.1, 0.15) is 0 Å². The number of nitrogens with zero attached hydrogens (tertiary/aromatic N) is 2. The zero-order chi connectivity index (χ0) is 15.7. The van der Waals surface area contributed by atoms with E-state index in [0.717, 1.165) is 18.9 Å². The van der Waals surface area contributed by atoms with Crippen LogP contribution in [0.1, 0.15) is 35.0 Å². The lowest BCUT2D eigenvalue weighted by molar-refractivity contribution is -0.0328. The van der Waals surface area contributed by atoms with Crippen molar-refractivity contribution in [1.82, 2.24) is 10.2 Å². The number of nitrogens with one attached hydrogen (secondary N) is 1. The van der Waals surface area contributed by atoms with Crippen molar-refractivity contribution in [2.24, 2.45) is 0 Å². The smallest absolute Gasteiger partial charge is 0.408 e. The van der Waals surface area contributed by atoms with E-state index in [-0.39, 0.29) is 34.2 Å². The van der Waals surface area contributed by atoms with Crippen LogP contribution in [0.15, 0.2) is 33.6 Å². The fraction of sp³-hybridized carbons (Fsp3) is 0.308. The van der Waals surface area contributed by atoms with Crippen LogP contribution in [-0.2, 0) is 0 Å². The number of carbonyl (C=O) groups excluding carboxylic acids is 1. The molecule has 1 aliphatic carbocycles. The maximum atomic E-state index is 12.3. The van der Waals surface area contributed by atoms with Crippen molar-refractivity contribution in [2.45, 2.75) is 29.2 Å². The molecule has 22 heavy (non-hydrogen) atoms. The Bertz CT molecular complexity index is 698. The number of carbonyl (C=O) groups is 1. The molecule has 0 atom stereocenters. The van der Waals surface area contributed by atoms with Crippen molar-refractivity contribution in [1.29, 1.82) is 0 Å². The first kappa shape index (κ1) is 14.9. The summed E-state index contributed by atoms with van der Waals surface area (Å²) in [5.74, 6) is 0.122. The van der Waals surface area contributed by atoms with Crippen molar-refractivity contribution in [3.8, 4) is 0 Å². The summed E-state index contributed by atoms with van der Waals surface area (Å²) in [6.07, 6.45) is 1.96. The molecule has 0 aliphatic heterocycles. The van der Waals surface area contributed by atoms with Gasteiger partial charge < -0.3 is 4.42 Å². The molecule has 1 aromatic heterocycles. The third kappa shape index (κ3) is 3.79. The standard InChI is InChI=1S/C13H10F3N3O2S/c14-13(15,16)22-9-3-1-2-8(6-9)10(20)17-12-19-18-11(21-12)7-4-5-7/h1-3,6-7H,4-5H2,(H,17,19,20). The van der Waals surface area contributed by atoms with Crippen LogP contribution in [0.3, 0.4) is 0 Å². The van der Waals surface area contributed by atoms with Gasteiger partial charge in [-0.25, -0.2) is 0 Å². The van der Waals surface area contributed by atoms with Gasteiger partial charge in [-0.15, -0.1) is 5.10 Å². The molecule has 2 aromatic rings. The van der Waals surface area contributed by atoms with Gasteiger partial charge in [-0.05, 0) is 42.8 Å². The first-order valence-electron chi connectivity index (χ1n) is 6.41. The van der Waals surface area contributed by atoms with Crippen LogP contribution < -0.4 is 5.32 Å². The quantitative estimate of drug-likeness (QED) is 0.864. The Hall–Kier alpha value is -2.03. The number of hydrogen-bond acceptors (Lipinski definition) is 5. The highest BCUT2D eigenvalue weighted by Gasteiger charge is 2.30. The van der Waals surface area contributed by atoms with Gasteiger partial charge in [0.05, 0.1) is 0 Å². The van der Waals surface area contributed by atoms with Crippen molar-refractivity contribution in [2.75, 3.05) is 5.32 Å². The fourth-order valence-electron chi connectivity index (χ4n) is 1.78. The van der Waals surface area contributed by atoms with Crippen LogP contribution in [0.5, 0.6) is 0 Å². The van der Waals surface area contributed by atoms with E-state index in [1.165, 1.54) is 18.2 Å². The number of rotatable bonds is 4. The zero-order valence-electron chi connectivity index (χ0n) is 11.1. The topological polar surface area (TPSA) is 68.0 Å². The van der Waals surface area contributed by atoms with Gasteiger partial charge in [-0.1, -0.05) is 11.2 Å². The highest BCUT2D eigenvalue weighted by Crippen LogP contribution is 2.39. The minimum absolute atomic E-state index is 0.0548. The Labute approximate surface area is 127 Å². The summed E-state index contributed by atoms with van der Waals surface area (Å²) in [6.45, 7) is 0. The number of alkyl halides is 3. The molecule has 9 heteroatoms. The lowest BCUT2D eigenvalue weighted by atomic mass is 10.2. The fourth-order valence-corrected chi connectivity index (χ4v) is 2.38. The van der Waals surface area contributed by atoms with E-state index in [1.54, 1.807) is 0 Å². The molecule has 1 saturated carbocycles. The highest BCUT2D eigenvalue weighted by molar-refractivity contribution is 8.00. The maximum Gasteiger partial charge on any atom is 0.446 e. The second-order valence-electron chi connectivity index (χ2n) is 4.75. The van der Waals surface area contributed by atoms with Gasteiger partial charge in [0.25, 0.3) is 5.91 Å². The van der Waals surface area contributed by atoms with Gasteiger partial charge >= 0.3 is 11.5 Å². The summed E-state index contributed by atoms with van der Waals surface area (Å²) in [7, 11) is 0. The molecule has 5 nitrogen and oxygen atoms in total. The Morgan fingerprint density at radius 1 is 1.32 bits per heavy atom. The number of thioether (sulfide) groups is 1. The third-order valence-electron chi connectivity index (χ3n) is 2.92. The Morgan fingerprint density at radius 3 is 2.77 bits per heavy atom. The molecule has 1 aromatic carbocycles. The normalized spacial score (nSPS) is 14.9. The molecule has 3 rings (SSSR count). The van der Waals surface area contributed by atoms with Crippen LogP contribution >= 0.6 is 11.8 Å². The SMILES string of the molecule is O=C(Nc1nnc(C2CC2)o1)c1cccc(SC(F)(F)F)c1. The Kier molecular flexibility index (Phi) is 3.81. The second kappa shape index (κ2) is 5.64. The number of anilines is 1. The molecule has 1 N–H and O–H groups in total. The van der Waals surface area contributed by atoms with Crippen LogP contribution in [0.2, 0.25) is 0 Å². The summed E-state index contributed by atoms with van der Waals surface area (Å²) in [5, 5.41) is 9.88. The predicted molar refractivity (Wildman–Crippen MR) is 72.6 cm³/mol. The second-order valence-corrected chi connectivity index (χ2v) is 5.89. The minimum Gasteiger partial charge on any atom is -0.408 e. The number of benzene rings is 1. The molecule has 1 aliphatic rings. The van der Waals surface area contributed by atoms with Gasteiger partial charge in [0, 0.05) is 16.4 Å². The molecular weight excluding hydrogens is 319 g/mol. The van der Waals surface area contributed by atoms with Gasteiger partial charge in [0.2, 0.25) is 5.89 Å². The van der Waals surface area contributed by atoms with Crippen molar-refractivity contribution >= 4 is 23.7 Å². The average Bonchev–Trinajstić information content (AvgIpc) is 3.18. The lowest BCUT2D eigenvalue weighted by Gasteiger charge is -2.07. The number of halogens is 3. The third-order valence-corrected chi connectivity index (χ3v) is 3.64. The van der Waals surface area contributed by atoms with Crippen molar-refractivity contribution < 1.29 is 22.4 Å². The first-order chi connectivity index (χ1) is 10.4. The molecule has 1 heterocycles. The summed E-state index contributed by atoms with van der Waals surface area (Å²) in [4.78, 5) is 11.9. The van der Waals surface area contributed by atoms with E-state index in [4.69, 9.17) is 4.42 Å². The lowest BCUT2D eigenvalue weighted by Crippen LogP contribution is -2.12. The van der Waals surface area contributed by atoms with Crippen LogP contribution in [0.25, 0.3) is 0 Å². The van der Waals surface area contributed by atoms with Gasteiger partial charge in [-0.3, -0.25) is 10.1 Å². The van der Waals surface area contributed by atoms with Gasteiger partial charge in [-0.2, -0.15) is 13.2 Å². The summed E-state index contributed by atoms with van der Waals surface area (Å²) < 4.78 is 42.3. The molecule has 0 bridgehead atoms. The largest absolute Gasteiger partial charge is 0.446 e. The number of hydrogen-bond donors (Lipinski definition) is 1. The van der Waals surface area contributed by atoms with E-state index in [1.807, 2.05) is 0 Å². The predicted octanol–water partition coefficient (Wildman–Crippen LogP) is 3.81. The zero-order valence-corrected chi connectivity index (χ0v) is 11.9. The minimum atomic E-state index is -4.40. The van der Waals surface area contributed by atoms with E-state index in [0.29, 0.717) is 5.89 Å². The number of amides is 1. The van der Waals surface area contributed by atoms with E-state index >= 15 is 0 Å². The molecule has 0 spiro atoms. The molecule has 0 saturated heterocycles. The molecule has 116 valence electrons. The average molecular weight is 329 g/mol. The summed E-state index contributed by atoms with van der Waals surface area (Å²) in [5.41, 5.74) is -4.32. The molecular formula is C13H10F3N3O2S. The van der Waals surface area contributed by atoms with Crippen LogP contribution in [0.4, 0.5) is 19.2 Å². The Balaban J connectivity index is 1.69. The maximum absolute atomic E-state index is 12.3. The molecule has 0 radical (unpaired) electrons. The summed E-state index contributed by atoms with van der Waals surface area (Å²) >= 11 is -0.277. The molecule has 1 fully saturated rings. The van der Waals surface area contributed by atoms with Crippen molar-refractivity contribution in [3.05, 3.63) is 35.7 Å². The monoisotopic (exact) mass is 329 g/mol. The Morgan fingerprint density at radius 2 is 2.09 bits per heavy atom. The van der Waals surface area contributed by atoms with Crippen LogP contribution in [0, 0.1) is 0 Å². The van der Waals surface area contributed by atoms with Crippen LogP contribution in [-0.4, -0.2) is 21.6 Å².